The normalized spacial score (nSPS) is 14.0. The number of carbonyl (C=O) groups is 1. The first-order valence-corrected chi connectivity index (χ1v) is 11.9. The Balaban J connectivity index is 0.000000270. The molecule has 0 bridgehead atoms. The third kappa shape index (κ3) is 10.7. The molecule has 1 fully saturated rings. The van der Waals surface area contributed by atoms with Gasteiger partial charge in [0.25, 0.3) is 0 Å². The van der Waals surface area contributed by atoms with Crippen LogP contribution in [0.1, 0.15) is 37.9 Å². The number of thiocarbonyl (C=S) groups is 1. The molecule has 0 radical (unpaired) electrons. The standard InChI is InChI=1S/C18H18N2S.C9H18N2O2/c1-2-13-19-18(21)20-17(16-11-7-4-8-12-16)14-15-9-5-3-6-10-15;1-9(2,3)13-8(12)11-6-4-10-5-7-11/h1,3-12,17H,13-14H2,(H2,19,20,21);10H,4-7H2,1-3H3. The molecule has 1 atom stereocenters. The van der Waals surface area contributed by atoms with E-state index < -0.39 is 0 Å². The average molecular weight is 481 g/mol. The molecule has 1 saturated heterocycles. The molecule has 182 valence electrons. The molecule has 1 aliphatic rings. The zero-order chi connectivity index (χ0) is 24.8. The highest BCUT2D eigenvalue weighted by atomic mass is 32.1. The summed E-state index contributed by atoms with van der Waals surface area (Å²) in [4.78, 5) is 13.2. The third-order valence-electron chi connectivity index (χ3n) is 4.91. The fraction of sp³-hybridized carbons (Fsp3) is 0.407. The predicted octanol–water partition coefficient (Wildman–Crippen LogP) is 3.89. The lowest BCUT2D eigenvalue weighted by Gasteiger charge is -2.30. The number of nitrogens with one attached hydrogen (secondary N) is 3. The zero-order valence-electron chi connectivity index (χ0n) is 20.3. The van der Waals surface area contributed by atoms with Crippen LogP contribution in [0, 0.1) is 12.3 Å². The van der Waals surface area contributed by atoms with Gasteiger partial charge in [0.15, 0.2) is 5.11 Å². The Kier molecular flexibility index (Phi) is 11.4. The van der Waals surface area contributed by atoms with E-state index in [1.807, 2.05) is 57.2 Å². The second-order valence-electron chi connectivity index (χ2n) is 8.90. The van der Waals surface area contributed by atoms with Gasteiger partial charge in [-0.05, 0) is 50.5 Å². The van der Waals surface area contributed by atoms with Crippen molar-refractivity contribution in [3.05, 3.63) is 71.8 Å². The summed E-state index contributed by atoms with van der Waals surface area (Å²) in [7, 11) is 0. The van der Waals surface area contributed by atoms with Gasteiger partial charge >= 0.3 is 6.09 Å². The maximum Gasteiger partial charge on any atom is 0.410 e. The molecular formula is C27H36N4O2S. The van der Waals surface area contributed by atoms with Crippen molar-refractivity contribution in [3.8, 4) is 12.3 Å². The number of ether oxygens (including phenoxy) is 1. The van der Waals surface area contributed by atoms with Gasteiger partial charge in [-0.25, -0.2) is 4.79 Å². The van der Waals surface area contributed by atoms with Crippen LogP contribution in [-0.4, -0.2) is 54.4 Å². The molecule has 2 aromatic rings. The van der Waals surface area contributed by atoms with Gasteiger partial charge in [0.1, 0.15) is 5.60 Å². The highest BCUT2D eigenvalue weighted by Crippen LogP contribution is 2.18. The van der Waals surface area contributed by atoms with E-state index in [9.17, 15) is 4.79 Å². The lowest BCUT2D eigenvalue weighted by Crippen LogP contribution is -2.48. The number of rotatable bonds is 5. The molecule has 1 heterocycles. The van der Waals surface area contributed by atoms with Gasteiger partial charge < -0.3 is 25.6 Å². The molecule has 1 aliphatic heterocycles. The van der Waals surface area contributed by atoms with Crippen LogP contribution >= 0.6 is 12.2 Å². The van der Waals surface area contributed by atoms with Crippen molar-refractivity contribution in [3.63, 3.8) is 0 Å². The van der Waals surface area contributed by atoms with Crippen LogP contribution in [0.2, 0.25) is 0 Å². The van der Waals surface area contributed by atoms with Gasteiger partial charge in [-0.15, -0.1) is 6.42 Å². The van der Waals surface area contributed by atoms with Gasteiger partial charge in [-0.1, -0.05) is 66.6 Å². The van der Waals surface area contributed by atoms with Gasteiger partial charge in [-0.3, -0.25) is 0 Å². The maximum atomic E-state index is 11.5. The van der Waals surface area contributed by atoms with Crippen LogP contribution in [0.3, 0.4) is 0 Å². The Morgan fingerprint density at radius 1 is 1.12 bits per heavy atom. The van der Waals surface area contributed by atoms with Crippen LogP contribution in [0.4, 0.5) is 4.79 Å². The van der Waals surface area contributed by atoms with Gasteiger partial charge in [0.2, 0.25) is 0 Å². The number of carbonyl (C=O) groups excluding carboxylic acids is 1. The van der Waals surface area contributed by atoms with Crippen LogP contribution in [0.15, 0.2) is 60.7 Å². The molecule has 3 N–H and O–H groups in total. The minimum atomic E-state index is -0.387. The van der Waals surface area contributed by atoms with Crippen molar-refractivity contribution in [2.24, 2.45) is 0 Å². The van der Waals surface area contributed by atoms with E-state index >= 15 is 0 Å². The first kappa shape index (κ1) is 27.2. The van der Waals surface area contributed by atoms with E-state index in [0.717, 1.165) is 32.6 Å². The molecule has 2 aromatic carbocycles. The Morgan fingerprint density at radius 2 is 1.71 bits per heavy atom. The number of nitrogens with zero attached hydrogens (tertiary/aromatic N) is 1. The molecule has 1 amide bonds. The van der Waals surface area contributed by atoms with E-state index in [-0.39, 0.29) is 17.7 Å². The van der Waals surface area contributed by atoms with E-state index in [4.69, 9.17) is 23.4 Å². The maximum absolute atomic E-state index is 11.5. The van der Waals surface area contributed by atoms with Gasteiger partial charge in [0, 0.05) is 26.2 Å². The highest BCUT2D eigenvalue weighted by Gasteiger charge is 2.22. The van der Waals surface area contributed by atoms with Gasteiger partial charge in [0.05, 0.1) is 12.6 Å². The first-order valence-electron chi connectivity index (χ1n) is 11.5. The quantitative estimate of drug-likeness (QED) is 0.446. The summed E-state index contributed by atoms with van der Waals surface area (Å²) in [5.74, 6) is 2.52. The van der Waals surface area contributed by atoms with Crippen molar-refractivity contribution < 1.29 is 9.53 Å². The van der Waals surface area contributed by atoms with E-state index in [1.165, 1.54) is 11.1 Å². The summed E-state index contributed by atoms with van der Waals surface area (Å²) >= 11 is 5.29. The molecule has 1 unspecified atom stereocenters. The minimum absolute atomic E-state index is 0.117. The van der Waals surface area contributed by atoms with Crippen molar-refractivity contribution in [1.82, 2.24) is 20.9 Å². The third-order valence-corrected chi connectivity index (χ3v) is 5.17. The SMILES string of the molecule is C#CCNC(=S)NC(Cc1ccccc1)c1ccccc1.CC(C)(C)OC(=O)N1CCNCC1. The topological polar surface area (TPSA) is 65.6 Å². The molecule has 0 saturated carbocycles. The second-order valence-corrected chi connectivity index (χ2v) is 9.31. The summed E-state index contributed by atoms with van der Waals surface area (Å²) in [6.07, 6.45) is 5.91. The Morgan fingerprint density at radius 3 is 2.26 bits per heavy atom. The summed E-state index contributed by atoms with van der Waals surface area (Å²) in [5.41, 5.74) is 2.08. The van der Waals surface area contributed by atoms with Crippen LogP contribution < -0.4 is 16.0 Å². The monoisotopic (exact) mass is 480 g/mol. The lowest BCUT2D eigenvalue weighted by molar-refractivity contribution is 0.0229. The number of piperazine rings is 1. The molecular weight excluding hydrogens is 444 g/mol. The number of hydrogen-bond donors (Lipinski definition) is 3. The molecule has 0 aliphatic carbocycles. The number of amides is 1. The average Bonchev–Trinajstić information content (AvgIpc) is 2.83. The first-order chi connectivity index (χ1) is 16.3. The van der Waals surface area contributed by atoms with Crippen LogP contribution in [0.5, 0.6) is 0 Å². The Labute approximate surface area is 209 Å². The zero-order valence-corrected chi connectivity index (χ0v) is 21.2. The molecule has 0 spiro atoms. The van der Waals surface area contributed by atoms with Crippen molar-refractivity contribution in [1.29, 1.82) is 0 Å². The predicted molar refractivity (Wildman–Crippen MR) is 143 cm³/mol. The number of hydrogen-bond acceptors (Lipinski definition) is 4. The largest absolute Gasteiger partial charge is 0.444 e. The summed E-state index contributed by atoms with van der Waals surface area (Å²) in [5, 5.41) is 10.1. The van der Waals surface area contributed by atoms with Crippen molar-refractivity contribution in [2.75, 3.05) is 32.7 Å². The second kappa shape index (κ2) is 14.2. The highest BCUT2D eigenvalue weighted by molar-refractivity contribution is 7.80. The number of benzene rings is 2. The molecule has 7 heteroatoms. The van der Waals surface area contributed by atoms with E-state index in [0.29, 0.717) is 11.7 Å². The summed E-state index contributed by atoms with van der Waals surface area (Å²) in [6, 6.07) is 20.8. The fourth-order valence-corrected chi connectivity index (χ4v) is 3.52. The van der Waals surface area contributed by atoms with Crippen molar-refractivity contribution >= 4 is 23.4 Å². The Hall–Kier alpha value is -3.08. The summed E-state index contributed by atoms with van der Waals surface area (Å²) < 4.78 is 5.24. The van der Waals surface area contributed by atoms with Crippen molar-refractivity contribution in [2.45, 2.75) is 38.8 Å². The Bertz CT molecular complexity index is 917. The van der Waals surface area contributed by atoms with Gasteiger partial charge in [-0.2, -0.15) is 0 Å². The summed E-state index contributed by atoms with van der Waals surface area (Å²) in [6.45, 7) is 9.29. The lowest BCUT2D eigenvalue weighted by atomic mass is 9.99. The minimum Gasteiger partial charge on any atom is -0.444 e. The molecule has 6 nitrogen and oxygen atoms in total. The molecule has 34 heavy (non-hydrogen) atoms. The fourth-order valence-electron chi connectivity index (χ4n) is 3.30. The van der Waals surface area contributed by atoms with Crippen LogP contribution in [-0.2, 0) is 11.2 Å². The van der Waals surface area contributed by atoms with E-state index in [1.54, 1.807) is 4.90 Å². The van der Waals surface area contributed by atoms with Crippen LogP contribution in [0.25, 0.3) is 0 Å². The smallest absolute Gasteiger partial charge is 0.410 e. The molecule has 3 rings (SSSR count). The molecule has 0 aromatic heterocycles. The van der Waals surface area contributed by atoms with E-state index in [2.05, 4.69) is 46.1 Å². The number of terminal acetylenes is 1.